The van der Waals surface area contributed by atoms with Gasteiger partial charge in [-0.05, 0) is 43.2 Å². The number of nitrogens with zero attached hydrogens (tertiary/aromatic N) is 5. The highest BCUT2D eigenvalue weighted by atomic mass is 32.2. The van der Waals surface area contributed by atoms with E-state index in [-0.39, 0.29) is 10.8 Å². The van der Waals surface area contributed by atoms with Gasteiger partial charge in [-0.2, -0.15) is 4.31 Å². The lowest BCUT2D eigenvalue weighted by Crippen LogP contribution is -2.49. The van der Waals surface area contributed by atoms with Crippen molar-refractivity contribution in [2.75, 3.05) is 36.4 Å². The zero-order valence-electron chi connectivity index (χ0n) is 19.2. The van der Waals surface area contributed by atoms with Gasteiger partial charge < -0.3 is 14.7 Å². The van der Waals surface area contributed by atoms with Gasteiger partial charge in [0.25, 0.3) is 0 Å². The number of hydrogen-bond donors (Lipinski definition) is 1. The van der Waals surface area contributed by atoms with Crippen LogP contribution in [-0.2, 0) is 14.8 Å². The molecule has 0 saturated carbocycles. The molecular formula is C23H26N6O4S. The first-order valence-electron chi connectivity index (χ1n) is 10.8. The van der Waals surface area contributed by atoms with Gasteiger partial charge in [0.2, 0.25) is 21.9 Å². The Hall–Kier alpha value is -3.57. The molecule has 0 bridgehead atoms. The summed E-state index contributed by atoms with van der Waals surface area (Å²) in [5.74, 6) is 0.754. The van der Waals surface area contributed by atoms with Crippen molar-refractivity contribution in [3.05, 3.63) is 59.2 Å². The van der Waals surface area contributed by atoms with E-state index in [0.717, 1.165) is 0 Å². The number of rotatable bonds is 6. The van der Waals surface area contributed by atoms with E-state index < -0.39 is 10.0 Å². The summed E-state index contributed by atoms with van der Waals surface area (Å²) in [6.45, 7) is 6.63. The van der Waals surface area contributed by atoms with E-state index in [1.165, 1.54) is 11.2 Å². The number of sulfonamides is 1. The summed E-state index contributed by atoms with van der Waals surface area (Å²) in [4.78, 5) is 22.2. The molecule has 0 spiro atoms. The first-order valence-corrected chi connectivity index (χ1v) is 12.2. The van der Waals surface area contributed by atoms with Crippen LogP contribution in [0.1, 0.15) is 29.5 Å². The van der Waals surface area contributed by atoms with Crippen LogP contribution in [0.4, 0.5) is 11.6 Å². The van der Waals surface area contributed by atoms with Crippen LogP contribution in [0.3, 0.4) is 0 Å². The van der Waals surface area contributed by atoms with Gasteiger partial charge in [0.15, 0.2) is 5.76 Å². The third-order valence-electron chi connectivity index (χ3n) is 5.52. The molecule has 178 valence electrons. The standard InChI is InChI=1S/C23H26N6O4S/c1-16-5-6-19(7-8-20-22(26-18(3)30)17(2)27-33-20)15-21(16)34(31,32)29-13-11-28(12-14-29)23-24-9-4-10-25-23/h4-10,15H,11-14H2,1-3H3,(H,26,30)/b8-7-. The van der Waals surface area contributed by atoms with Crippen molar-refractivity contribution in [3.8, 4) is 0 Å². The van der Waals surface area contributed by atoms with Crippen LogP contribution in [0.5, 0.6) is 0 Å². The molecule has 1 saturated heterocycles. The molecule has 4 rings (SSSR count). The van der Waals surface area contributed by atoms with Crippen molar-refractivity contribution in [1.29, 1.82) is 0 Å². The third-order valence-corrected chi connectivity index (χ3v) is 7.56. The zero-order valence-corrected chi connectivity index (χ0v) is 20.0. The van der Waals surface area contributed by atoms with Crippen LogP contribution in [0.15, 0.2) is 46.1 Å². The van der Waals surface area contributed by atoms with Gasteiger partial charge in [-0.1, -0.05) is 23.4 Å². The van der Waals surface area contributed by atoms with E-state index in [1.54, 1.807) is 56.6 Å². The van der Waals surface area contributed by atoms with E-state index in [0.29, 0.717) is 60.4 Å². The Bertz CT molecular complexity index is 1310. The quantitative estimate of drug-likeness (QED) is 0.569. The van der Waals surface area contributed by atoms with Gasteiger partial charge in [-0.15, -0.1) is 0 Å². The van der Waals surface area contributed by atoms with Crippen LogP contribution >= 0.6 is 0 Å². The lowest BCUT2D eigenvalue weighted by molar-refractivity contribution is -0.114. The second-order valence-electron chi connectivity index (χ2n) is 7.99. The predicted molar refractivity (Wildman–Crippen MR) is 129 cm³/mol. The number of carbonyl (C=O) groups is 1. The number of amides is 1. The molecule has 10 nitrogen and oxygen atoms in total. The van der Waals surface area contributed by atoms with Gasteiger partial charge in [-0.3, -0.25) is 4.79 Å². The van der Waals surface area contributed by atoms with Crippen molar-refractivity contribution >= 4 is 39.7 Å². The monoisotopic (exact) mass is 482 g/mol. The minimum atomic E-state index is -3.68. The Kier molecular flexibility index (Phi) is 6.75. The highest BCUT2D eigenvalue weighted by Crippen LogP contribution is 2.26. The molecule has 0 unspecified atom stereocenters. The number of piperazine rings is 1. The Morgan fingerprint density at radius 3 is 2.47 bits per heavy atom. The maximum absolute atomic E-state index is 13.4. The number of anilines is 2. The number of nitrogens with one attached hydrogen (secondary N) is 1. The predicted octanol–water partition coefficient (Wildman–Crippen LogP) is 2.72. The third kappa shape index (κ3) is 5.00. The zero-order chi connectivity index (χ0) is 24.3. The highest BCUT2D eigenvalue weighted by molar-refractivity contribution is 7.89. The molecular weight excluding hydrogens is 456 g/mol. The van der Waals surface area contributed by atoms with Crippen LogP contribution in [-0.4, -0.2) is 59.9 Å². The normalized spacial score (nSPS) is 15.1. The second kappa shape index (κ2) is 9.74. The number of hydrogen-bond acceptors (Lipinski definition) is 8. The van der Waals surface area contributed by atoms with Crippen molar-refractivity contribution < 1.29 is 17.7 Å². The van der Waals surface area contributed by atoms with E-state index in [2.05, 4.69) is 20.4 Å². The molecule has 0 aliphatic carbocycles. The van der Waals surface area contributed by atoms with Gasteiger partial charge >= 0.3 is 0 Å². The van der Waals surface area contributed by atoms with Crippen LogP contribution in [0, 0.1) is 13.8 Å². The molecule has 1 N–H and O–H groups in total. The molecule has 0 radical (unpaired) electrons. The van der Waals surface area contributed by atoms with Crippen molar-refractivity contribution in [2.24, 2.45) is 0 Å². The SMILES string of the molecule is CC(=O)Nc1c(C)noc1/C=C\c1ccc(C)c(S(=O)(=O)N2CCN(c3ncccn3)CC2)c1. The summed E-state index contributed by atoms with van der Waals surface area (Å²) in [5, 5.41) is 6.58. The van der Waals surface area contributed by atoms with E-state index in [9.17, 15) is 13.2 Å². The van der Waals surface area contributed by atoms with Crippen molar-refractivity contribution in [2.45, 2.75) is 25.7 Å². The molecule has 0 atom stereocenters. The minimum Gasteiger partial charge on any atom is -0.354 e. The first-order chi connectivity index (χ1) is 16.3. The molecule has 1 aliphatic heterocycles. The van der Waals surface area contributed by atoms with Gasteiger partial charge in [0, 0.05) is 45.5 Å². The molecule has 1 fully saturated rings. The summed E-state index contributed by atoms with van der Waals surface area (Å²) in [5.41, 5.74) is 2.40. The largest absolute Gasteiger partial charge is 0.354 e. The van der Waals surface area contributed by atoms with Crippen LogP contribution in [0.2, 0.25) is 0 Å². The fourth-order valence-electron chi connectivity index (χ4n) is 3.72. The summed E-state index contributed by atoms with van der Waals surface area (Å²) in [6, 6.07) is 7.01. The Morgan fingerprint density at radius 2 is 1.79 bits per heavy atom. The summed E-state index contributed by atoms with van der Waals surface area (Å²) in [7, 11) is -3.68. The maximum Gasteiger partial charge on any atom is 0.243 e. The van der Waals surface area contributed by atoms with E-state index in [1.807, 2.05) is 11.0 Å². The summed E-state index contributed by atoms with van der Waals surface area (Å²) >= 11 is 0. The van der Waals surface area contributed by atoms with Gasteiger partial charge in [0.1, 0.15) is 11.4 Å². The highest BCUT2D eigenvalue weighted by Gasteiger charge is 2.30. The molecule has 1 aromatic carbocycles. The van der Waals surface area contributed by atoms with Gasteiger partial charge in [0.05, 0.1) is 4.90 Å². The molecule has 1 amide bonds. The fourth-order valence-corrected chi connectivity index (χ4v) is 5.40. The molecule has 11 heteroatoms. The van der Waals surface area contributed by atoms with Gasteiger partial charge in [-0.25, -0.2) is 18.4 Å². The Balaban J connectivity index is 1.53. The second-order valence-corrected chi connectivity index (χ2v) is 9.89. The number of aromatic nitrogens is 3. The molecule has 1 aliphatic rings. The topological polar surface area (TPSA) is 122 Å². The first kappa shape index (κ1) is 23.6. The van der Waals surface area contributed by atoms with Crippen molar-refractivity contribution in [3.63, 3.8) is 0 Å². The van der Waals surface area contributed by atoms with Crippen molar-refractivity contribution in [1.82, 2.24) is 19.4 Å². The average molecular weight is 483 g/mol. The van der Waals surface area contributed by atoms with Crippen LogP contribution in [0.25, 0.3) is 12.2 Å². The minimum absolute atomic E-state index is 0.233. The maximum atomic E-state index is 13.4. The molecule has 3 heterocycles. The molecule has 3 aromatic rings. The fraction of sp³-hybridized carbons (Fsp3) is 0.304. The Morgan fingerprint density at radius 1 is 1.09 bits per heavy atom. The number of carbonyl (C=O) groups excluding carboxylic acids is 1. The molecule has 34 heavy (non-hydrogen) atoms. The van der Waals surface area contributed by atoms with Crippen LogP contribution < -0.4 is 10.2 Å². The lowest BCUT2D eigenvalue weighted by Gasteiger charge is -2.34. The van der Waals surface area contributed by atoms with E-state index >= 15 is 0 Å². The summed E-state index contributed by atoms with van der Waals surface area (Å²) in [6.07, 6.45) is 6.74. The smallest absolute Gasteiger partial charge is 0.243 e. The Labute approximate surface area is 198 Å². The molecule has 2 aromatic heterocycles. The number of aryl methyl sites for hydroxylation is 2. The van der Waals surface area contributed by atoms with E-state index in [4.69, 9.17) is 4.52 Å². The lowest BCUT2D eigenvalue weighted by atomic mass is 10.1. The summed E-state index contributed by atoms with van der Waals surface area (Å²) < 4.78 is 33.7. The average Bonchev–Trinajstić information content (AvgIpc) is 3.17. The number of benzene rings is 1.